The maximum absolute atomic E-state index is 12.5. The lowest BCUT2D eigenvalue weighted by Gasteiger charge is -2.44. The number of hydrogen-bond donors (Lipinski definition) is 0. The largest absolute Gasteiger partial charge is 0.449 e. The average Bonchev–Trinajstić information content (AvgIpc) is 2.69. The topological polar surface area (TPSA) is 46.6 Å². The number of fused-ring (bicyclic) bond motifs is 4. The number of cyclic esters (lactones) is 1. The zero-order valence-electron chi connectivity index (χ0n) is 12.2. The fourth-order valence-electron chi connectivity index (χ4n) is 3.88. The van der Waals surface area contributed by atoms with E-state index < -0.39 is 11.6 Å². The Morgan fingerprint density at radius 3 is 2.81 bits per heavy atom. The molecule has 0 radical (unpaired) electrons. The van der Waals surface area contributed by atoms with Crippen molar-refractivity contribution in [1.82, 2.24) is 4.90 Å². The summed E-state index contributed by atoms with van der Waals surface area (Å²) in [5.74, 6) is -0.546. The zero-order chi connectivity index (χ0) is 14.8. The van der Waals surface area contributed by atoms with Gasteiger partial charge in [0.05, 0.1) is 11.7 Å². The van der Waals surface area contributed by atoms with E-state index >= 15 is 0 Å². The van der Waals surface area contributed by atoms with E-state index in [2.05, 4.69) is 17.0 Å². The third-order valence-electron chi connectivity index (χ3n) is 4.72. The Labute approximate surface area is 123 Å². The van der Waals surface area contributed by atoms with Gasteiger partial charge in [0.2, 0.25) is 0 Å². The Kier molecular flexibility index (Phi) is 2.39. The molecule has 1 atom stereocenters. The molecule has 108 valence electrons. The van der Waals surface area contributed by atoms with Crippen LogP contribution < -0.4 is 0 Å². The molecule has 1 unspecified atom stereocenters. The quantitative estimate of drug-likeness (QED) is 0.540. The first kappa shape index (κ1) is 12.6. The van der Waals surface area contributed by atoms with Crippen LogP contribution in [-0.2, 0) is 20.7 Å². The molecule has 1 aromatic rings. The summed E-state index contributed by atoms with van der Waals surface area (Å²) in [6.45, 7) is 4.56. The van der Waals surface area contributed by atoms with Crippen molar-refractivity contribution in [2.45, 2.75) is 38.3 Å². The molecular weight excluding hydrogens is 266 g/mol. The second-order valence-electron chi connectivity index (χ2n) is 6.41. The summed E-state index contributed by atoms with van der Waals surface area (Å²) in [6.07, 6.45) is 1.29. The van der Waals surface area contributed by atoms with Crippen molar-refractivity contribution >= 4 is 11.8 Å². The first-order valence-electron chi connectivity index (χ1n) is 7.35. The Morgan fingerprint density at radius 1 is 1.24 bits per heavy atom. The van der Waals surface area contributed by atoms with Crippen LogP contribution in [0.4, 0.5) is 0 Å². The summed E-state index contributed by atoms with van der Waals surface area (Å²) >= 11 is 0. The number of benzene rings is 1. The molecule has 4 heteroatoms. The van der Waals surface area contributed by atoms with Gasteiger partial charge in [-0.1, -0.05) is 24.3 Å². The SMILES string of the molecule is CC1(C)OC(=O)C2=C1N1CCc3ccccc3C1CC2=O. The van der Waals surface area contributed by atoms with E-state index in [0.29, 0.717) is 6.42 Å². The Hall–Kier alpha value is -2.10. The lowest BCUT2D eigenvalue weighted by molar-refractivity contribution is -0.145. The Morgan fingerprint density at radius 2 is 2.00 bits per heavy atom. The highest BCUT2D eigenvalue weighted by molar-refractivity contribution is 6.20. The Bertz CT molecular complexity index is 702. The molecular formula is C17H17NO3. The van der Waals surface area contributed by atoms with E-state index in [4.69, 9.17) is 4.74 Å². The smallest absolute Gasteiger partial charge is 0.344 e. The molecule has 0 aromatic heterocycles. The van der Waals surface area contributed by atoms with Crippen molar-refractivity contribution in [3.8, 4) is 0 Å². The van der Waals surface area contributed by atoms with E-state index in [9.17, 15) is 9.59 Å². The number of carbonyl (C=O) groups is 2. The summed E-state index contributed by atoms with van der Waals surface area (Å²) in [5, 5.41) is 0. The monoisotopic (exact) mass is 283 g/mol. The minimum Gasteiger partial charge on any atom is -0.449 e. The first-order valence-corrected chi connectivity index (χ1v) is 7.35. The van der Waals surface area contributed by atoms with Crippen LogP contribution in [-0.4, -0.2) is 28.8 Å². The van der Waals surface area contributed by atoms with E-state index in [-0.39, 0.29) is 17.4 Å². The molecule has 4 nitrogen and oxygen atoms in total. The van der Waals surface area contributed by atoms with Gasteiger partial charge >= 0.3 is 5.97 Å². The molecule has 3 heterocycles. The minimum absolute atomic E-state index is 0.0370. The molecule has 0 saturated carbocycles. The normalized spacial score (nSPS) is 26.2. The van der Waals surface area contributed by atoms with Gasteiger partial charge in [-0.2, -0.15) is 0 Å². The molecule has 21 heavy (non-hydrogen) atoms. The molecule has 3 aliphatic rings. The Balaban J connectivity index is 1.88. The maximum atomic E-state index is 12.5. The molecule has 0 spiro atoms. The predicted octanol–water partition coefficient (Wildman–Crippen LogP) is 2.15. The molecule has 3 aliphatic heterocycles. The lowest BCUT2D eigenvalue weighted by Crippen LogP contribution is -2.44. The standard InChI is InChI=1S/C17H17NO3/c1-17(2)15-14(16(20)21-17)13(19)9-12-11-6-4-3-5-10(11)7-8-18(12)15/h3-6,12H,7-9H2,1-2H3. The number of ketones is 1. The second kappa shape index (κ2) is 3.97. The van der Waals surface area contributed by atoms with Crippen LogP contribution in [0.2, 0.25) is 0 Å². The van der Waals surface area contributed by atoms with Gasteiger partial charge in [0.25, 0.3) is 0 Å². The van der Waals surface area contributed by atoms with Crippen molar-refractivity contribution in [2.75, 3.05) is 6.54 Å². The third-order valence-corrected chi connectivity index (χ3v) is 4.72. The summed E-state index contributed by atoms with van der Waals surface area (Å²) in [7, 11) is 0. The lowest BCUT2D eigenvalue weighted by atomic mass is 9.82. The maximum Gasteiger partial charge on any atom is 0.344 e. The van der Waals surface area contributed by atoms with Gasteiger partial charge in [0, 0.05) is 13.0 Å². The van der Waals surface area contributed by atoms with Crippen LogP contribution in [0.25, 0.3) is 0 Å². The van der Waals surface area contributed by atoms with Gasteiger partial charge in [-0.3, -0.25) is 4.79 Å². The van der Waals surface area contributed by atoms with Crippen LogP contribution in [0, 0.1) is 0 Å². The van der Waals surface area contributed by atoms with E-state index in [1.165, 1.54) is 11.1 Å². The van der Waals surface area contributed by atoms with Gasteiger partial charge in [-0.05, 0) is 31.4 Å². The number of carbonyl (C=O) groups excluding carboxylic acids is 2. The van der Waals surface area contributed by atoms with Crippen LogP contribution in [0.1, 0.15) is 37.4 Å². The molecule has 0 N–H and O–H groups in total. The summed E-state index contributed by atoms with van der Waals surface area (Å²) in [5.41, 5.74) is 2.85. The van der Waals surface area contributed by atoms with Crippen molar-refractivity contribution in [1.29, 1.82) is 0 Å². The molecule has 0 saturated heterocycles. The second-order valence-corrected chi connectivity index (χ2v) is 6.41. The number of ether oxygens (including phenoxy) is 1. The highest BCUT2D eigenvalue weighted by Gasteiger charge is 2.51. The van der Waals surface area contributed by atoms with E-state index in [0.717, 1.165) is 18.7 Å². The molecule has 0 fully saturated rings. The predicted molar refractivity (Wildman–Crippen MR) is 76.4 cm³/mol. The van der Waals surface area contributed by atoms with Crippen LogP contribution in [0.15, 0.2) is 35.5 Å². The summed E-state index contributed by atoms with van der Waals surface area (Å²) < 4.78 is 5.43. The van der Waals surface area contributed by atoms with Crippen molar-refractivity contribution in [2.24, 2.45) is 0 Å². The van der Waals surface area contributed by atoms with Crippen molar-refractivity contribution in [3.05, 3.63) is 46.7 Å². The average molecular weight is 283 g/mol. The number of hydrogen-bond acceptors (Lipinski definition) is 4. The number of nitrogens with zero attached hydrogens (tertiary/aromatic N) is 1. The fraction of sp³-hybridized carbons (Fsp3) is 0.412. The summed E-state index contributed by atoms with van der Waals surface area (Å²) in [6, 6.07) is 8.31. The molecule has 0 aliphatic carbocycles. The van der Waals surface area contributed by atoms with Crippen LogP contribution in [0.5, 0.6) is 0 Å². The number of Topliss-reactive ketones (excluding diaryl/α,β-unsaturated/α-hetero) is 1. The van der Waals surface area contributed by atoms with Gasteiger partial charge in [-0.15, -0.1) is 0 Å². The highest BCUT2D eigenvalue weighted by Crippen LogP contribution is 2.47. The molecule has 1 aromatic carbocycles. The summed E-state index contributed by atoms with van der Waals surface area (Å²) in [4.78, 5) is 26.7. The van der Waals surface area contributed by atoms with Gasteiger partial charge in [-0.25, -0.2) is 4.79 Å². The van der Waals surface area contributed by atoms with Gasteiger partial charge in [0.1, 0.15) is 11.2 Å². The fourth-order valence-corrected chi connectivity index (χ4v) is 3.88. The van der Waals surface area contributed by atoms with Gasteiger partial charge in [0.15, 0.2) is 5.78 Å². The minimum atomic E-state index is -0.715. The van der Waals surface area contributed by atoms with E-state index in [1.54, 1.807) is 0 Å². The van der Waals surface area contributed by atoms with E-state index in [1.807, 2.05) is 26.0 Å². The van der Waals surface area contributed by atoms with Crippen molar-refractivity contribution < 1.29 is 14.3 Å². The number of esters is 1. The highest BCUT2D eigenvalue weighted by atomic mass is 16.6. The first-order chi connectivity index (χ1) is 9.99. The van der Waals surface area contributed by atoms with Crippen molar-refractivity contribution in [3.63, 3.8) is 0 Å². The third kappa shape index (κ3) is 1.62. The van der Waals surface area contributed by atoms with Crippen LogP contribution in [0.3, 0.4) is 0 Å². The number of rotatable bonds is 0. The molecule has 0 bridgehead atoms. The molecule has 4 rings (SSSR count). The zero-order valence-corrected chi connectivity index (χ0v) is 12.2. The van der Waals surface area contributed by atoms with Crippen LogP contribution >= 0.6 is 0 Å². The van der Waals surface area contributed by atoms with Gasteiger partial charge < -0.3 is 9.64 Å². The molecule has 0 amide bonds.